The van der Waals surface area contributed by atoms with E-state index >= 15 is 0 Å². The second-order valence-electron chi connectivity index (χ2n) is 6.79. The summed E-state index contributed by atoms with van der Waals surface area (Å²) in [6.07, 6.45) is 1.75. The van der Waals surface area contributed by atoms with Crippen molar-refractivity contribution in [2.75, 3.05) is 4.90 Å². The normalized spacial score (nSPS) is 11.0. The Morgan fingerprint density at radius 2 is 1.24 bits per heavy atom. The van der Waals surface area contributed by atoms with E-state index in [1.54, 1.807) is 19.2 Å². The van der Waals surface area contributed by atoms with Gasteiger partial charge in [-0.2, -0.15) is 0 Å². The molecule has 0 N–H and O–H groups in total. The van der Waals surface area contributed by atoms with Gasteiger partial charge < -0.3 is 4.90 Å². The molecule has 4 rings (SSSR count). The van der Waals surface area contributed by atoms with Gasteiger partial charge in [0.2, 0.25) is 0 Å². The highest BCUT2D eigenvalue weighted by Gasteiger charge is 2.11. The number of nitrogens with zero attached hydrogens (tertiary/aromatic N) is 2. The van der Waals surface area contributed by atoms with Gasteiger partial charge in [0.25, 0.3) is 0 Å². The van der Waals surface area contributed by atoms with Crippen molar-refractivity contribution in [1.82, 2.24) is 0 Å². The lowest BCUT2D eigenvalue weighted by atomic mass is 10.1. The first-order valence-electron chi connectivity index (χ1n) is 9.51. The van der Waals surface area contributed by atoms with Gasteiger partial charge in [0.05, 0.1) is 5.69 Å². The number of para-hydroxylation sites is 2. The summed E-state index contributed by atoms with van der Waals surface area (Å²) in [4.78, 5) is 6.60. The Morgan fingerprint density at radius 1 is 0.690 bits per heavy atom. The highest BCUT2D eigenvalue weighted by molar-refractivity contribution is 5.84. The Kier molecular flexibility index (Phi) is 5.48. The fraction of sp³-hybridized carbons (Fsp3) is 0.0385. The van der Waals surface area contributed by atoms with Crippen molar-refractivity contribution in [2.45, 2.75) is 6.92 Å². The van der Waals surface area contributed by atoms with Crippen molar-refractivity contribution in [3.8, 4) is 0 Å². The first kappa shape index (κ1) is 18.6. The van der Waals surface area contributed by atoms with Gasteiger partial charge in [-0.15, -0.1) is 0 Å². The second kappa shape index (κ2) is 8.53. The maximum atomic E-state index is 13.7. The molecule has 0 unspecified atom stereocenters. The molecule has 3 heteroatoms. The van der Waals surface area contributed by atoms with Crippen molar-refractivity contribution in [3.63, 3.8) is 0 Å². The molecule has 4 aromatic carbocycles. The summed E-state index contributed by atoms with van der Waals surface area (Å²) in [5, 5.41) is 0. The summed E-state index contributed by atoms with van der Waals surface area (Å²) in [6, 6.07) is 33.7. The Hall–Kier alpha value is -3.72. The van der Waals surface area contributed by atoms with Crippen LogP contribution in [-0.4, -0.2) is 6.21 Å². The zero-order valence-electron chi connectivity index (χ0n) is 16.2. The number of rotatable bonds is 5. The molecule has 0 aromatic heterocycles. The van der Waals surface area contributed by atoms with Gasteiger partial charge in [0.15, 0.2) is 0 Å². The van der Waals surface area contributed by atoms with Gasteiger partial charge >= 0.3 is 0 Å². The van der Waals surface area contributed by atoms with Crippen LogP contribution in [0.3, 0.4) is 0 Å². The molecule has 0 fully saturated rings. The van der Waals surface area contributed by atoms with Crippen LogP contribution in [-0.2, 0) is 0 Å². The van der Waals surface area contributed by atoms with Crippen LogP contribution < -0.4 is 4.90 Å². The monoisotopic (exact) mass is 380 g/mol. The number of benzene rings is 4. The standard InChI is InChI=1S/C26H21FN2/c1-20-12-15-22(18-26(20)27)28-19-21-13-16-25(17-14-21)29(23-8-4-2-5-9-23)24-10-6-3-7-11-24/h2-19H,1H3. The first-order valence-corrected chi connectivity index (χ1v) is 9.51. The Morgan fingerprint density at radius 3 is 1.79 bits per heavy atom. The van der Waals surface area contributed by atoms with E-state index < -0.39 is 0 Å². The van der Waals surface area contributed by atoms with Crippen LogP contribution in [0.1, 0.15) is 11.1 Å². The topological polar surface area (TPSA) is 15.6 Å². The van der Waals surface area contributed by atoms with Gasteiger partial charge in [-0.05, 0) is 66.6 Å². The molecular formula is C26H21FN2. The quantitative estimate of drug-likeness (QED) is 0.330. The third kappa shape index (κ3) is 4.41. The molecule has 0 aliphatic carbocycles. The van der Waals surface area contributed by atoms with E-state index in [0.29, 0.717) is 11.3 Å². The van der Waals surface area contributed by atoms with E-state index in [1.807, 2.05) is 54.6 Å². The summed E-state index contributed by atoms with van der Waals surface area (Å²) in [6.45, 7) is 1.74. The zero-order chi connectivity index (χ0) is 20.1. The maximum absolute atomic E-state index is 13.7. The zero-order valence-corrected chi connectivity index (χ0v) is 16.2. The van der Waals surface area contributed by atoms with E-state index in [2.05, 4.69) is 46.3 Å². The van der Waals surface area contributed by atoms with Crippen LogP contribution in [0.4, 0.5) is 27.1 Å². The molecule has 142 valence electrons. The van der Waals surface area contributed by atoms with Crippen LogP contribution in [0.2, 0.25) is 0 Å². The molecule has 0 saturated carbocycles. The van der Waals surface area contributed by atoms with Crippen molar-refractivity contribution in [2.24, 2.45) is 4.99 Å². The molecule has 0 radical (unpaired) electrons. The minimum absolute atomic E-state index is 0.239. The smallest absolute Gasteiger partial charge is 0.128 e. The summed E-state index contributed by atoms with van der Waals surface area (Å²) in [7, 11) is 0. The fourth-order valence-corrected chi connectivity index (χ4v) is 3.12. The Balaban J connectivity index is 1.62. The predicted octanol–water partition coefficient (Wildman–Crippen LogP) is 7.35. The Bertz CT molecular complexity index is 1070. The third-order valence-electron chi connectivity index (χ3n) is 4.70. The van der Waals surface area contributed by atoms with Gasteiger partial charge in [-0.1, -0.05) is 54.6 Å². The number of hydrogen-bond acceptors (Lipinski definition) is 2. The average Bonchev–Trinajstić information content (AvgIpc) is 2.77. The summed E-state index contributed by atoms with van der Waals surface area (Å²) in [5.74, 6) is -0.239. The first-order chi connectivity index (χ1) is 14.2. The number of hydrogen-bond donors (Lipinski definition) is 0. The van der Waals surface area contributed by atoms with Crippen LogP contribution in [0.25, 0.3) is 0 Å². The van der Waals surface area contributed by atoms with E-state index in [4.69, 9.17) is 0 Å². The van der Waals surface area contributed by atoms with E-state index in [1.165, 1.54) is 6.07 Å². The van der Waals surface area contributed by atoms with E-state index in [-0.39, 0.29) is 5.82 Å². The van der Waals surface area contributed by atoms with E-state index in [9.17, 15) is 4.39 Å². The SMILES string of the molecule is Cc1ccc(N=Cc2ccc(N(c3ccccc3)c3ccccc3)cc2)cc1F. The van der Waals surface area contributed by atoms with Gasteiger partial charge in [0, 0.05) is 23.3 Å². The maximum Gasteiger partial charge on any atom is 0.128 e. The van der Waals surface area contributed by atoms with Crippen LogP contribution in [0.15, 0.2) is 108 Å². The number of halogens is 1. The molecule has 0 heterocycles. The molecule has 0 spiro atoms. The molecule has 0 atom stereocenters. The molecule has 0 bridgehead atoms. The number of aryl methyl sites for hydroxylation is 1. The summed E-state index contributed by atoms with van der Waals surface area (Å²) >= 11 is 0. The second-order valence-corrected chi connectivity index (χ2v) is 6.79. The van der Waals surface area contributed by atoms with Crippen LogP contribution in [0.5, 0.6) is 0 Å². The van der Waals surface area contributed by atoms with Crippen LogP contribution in [0, 0.1) is 12.7 Å². The predicted molar refractivity (Wildman–Crippen MR) is 120 cm³/mol. The van der Waals surface area contributed by atoms with E-state index in [0.717, 1.165) is 22.6 Å². The van der Waals surface area contributed by atoms with Crippen molar-refractivity contribution < 1.29 is 4.39 Å². The average molecular weight is 380 g/mol. The lowest BCUT2D eigenvalue weighted by Gasteiger charge is -2.25. The van der Waals surface area contributed by atoms with Crippen LogP contribution >= 0.6 is 0 Å². The highest BCUT2D eigenvalue weighted by atomic mass is 19.1. The van der Waals surface area contributed by atoms with Gasteiger partial charge in [0.1, 0.15) is 5.82 Å². The molecule has 4 aromatic rings. The summed E-state index contributed by atoms with van der Waals surface area (Å²) < 4.78 is 13.7. The molecule has 0 amide bonds. The molecular weight excluding hydrogens is 359 g/mol. The van der Waals surface area contributed by atoms with Crippen molar-refractivity contribution in [1.29, 1.82) is 0 Å². The lowest BCUT2D eigenvalue weighted by Crippen LogP contribution is -2.09. The Labute approximate surface area is 170 Å². The fourth-order valence-electron chi connectivity index (χ4n) is 3.12. The minimum Gasteiger partial charge on any atom is -0.311 e. The molecule has 2 nitrogen and oxygen atoms in total. The van der Waals surface area contributed by atoms with Crippen molar-refractivity contribution in [3.05, 3.63) is 120 Å². The molecule has 0 saturated heterocycles. The third-order valence-corrected chi connectivity index (χ3v) is 4.70. The summed E-state index contributed by atoms with van der Waals surface area (Å²) in [5.41, 5.74) is 5.42. The largest absolute Gasteiger partial charge is 0.311 e. The van der Waals surface area contributed by atoms with Gasteiger partial charge in [-0.3, -0.25) is 4.99 Å². The lowest BCUT2D eigenvalue weighted by molar-refractivity contribution is 0.619. The molecule has 29 heavy (non-hydrogen) atoms. The highest BCUT2D eigenvalue weighted by Crippen LogP contribution is 2.33. The number of aliphatic imine (C=N–C) groups is 1. The number of anilines is 3. The van der Waals surface area contributed by atoms with Crippen molar-refractivity contribution >= 4 is 29.0 Å². The molecule has 0 aliphatic rings. The molecule has 0 aliphatic heterocycles. The van der Waals surface area contributed by atoms with Gasteiger partial charge in [-0.25, -0.2) is 4.39 Å². The minimum atomic E-state index is -0.239.